The fraction of sp³-hybridized carbons (Fsp3) is 0.500. The minimum absolute atomic E-state index is 0.139. The van der Waals surface area contributed by atoms with E-state index in [2.05, 4.69) is 0 Å². The summed E-state index contributed by atoms with van der Waals surface area (Å²) in [6.45, 7) is 3.83. The molecule has 162 valence electrons. The number of fused-ring (bicyclic) bond motifs is 1. The fourth-order valence-electron chi connectivity index (χ4n) is 4.34. The van der Waals surface area contributed by atoms with Gasteiger partial charge in [-0.3, -0.25) is 4.79 Å². The van der Waals surface area contributed by atoms with Gasteiger partial charge in [-0.25, -0.2) is 0 Å². The van der Waals surface area contributed by atoms with E-state index in [-0.39, 0.29) is 11.9 Å². The summed E-state index contributed by atoms with van der Waals surface area (Å²) >= 11 is 0. The van der Waals surface area contributed by atoms with Gasteiger partial charge in [-0.15, -0.1) is 0 Å². The fourth-order valence-corrected chi connectivity index (χ4v) is 4.34. The number of benzene rings is 1. The maximum Gasteiger partial charge on any atom is 0.406 e. The summed E-state index contributed by atoms with van der Waals surface area (Å²) in [7, 11) is 0. The average molecular weight is 422 g/mol. The third-order valence-corrected chi connectivity index (χ3v) is 5.81. The van der Waals surface area contributed by atoms with E-state index in [9.17, 15) is 18.0 Å². The van der Waals surface area contributed by atoms with Crippen LogP contribution in [-0.4, -0.2) is 41.3 Å². The zero-order valence-electron chi connectivity index (χ0n) is 17.1. The van der Waals surface area contributed by atoms with Gasteiger partial charge in [0, 0.05) is 24.4 Å². The Bertz CT molecular complexity index is 952. The molecule has 1 aromatic carbocycles. The summed E-state index contributed by atoms with van der Waals surface area (Å²) in [6.07, 6.45) is -1.89. The zero-order chi connectivity index (χ0) is 21.5. The summed E-state index contributed by atoms with van der Waals surface area (Å²) < 4.78 is 51.4. The molecule has 2 aromatic rings. The maximum atomic E-state index is 13.3. The van der Waals surface area contributed by atoms with Crippen molar-refractivity contribution in [1.29, 1.82) is 0 Å². The molecule has 1 fully saturated rings. The molecule has 0 spiro atoms. The molecule has 2 aliphatic rings. The number of amides is 1. The van der Waals surface area contributed by atoms with Gasteiger partial charge in [0.05, 0.1) is 24.8 Å². The minimum Gasteiger partial charge on any atom is -0.490 e. The number of carbonyl (C=O) groups excluding carboxylic acids is 1. The first kappa shape index (κ1) is 20.6. The molecule has 0 saturated carbocycles. The number of likely N-dealkylation sites (tertiary alicyclic amines) is 1. The highest BCUT2D eigenvalue weighted by atomic mass is 19.4. The third kappa shape index (κ3) is 4.00. The Labute approximate surface area is 173 Å². The van der Waals surface area contributed by atoms with Gasteiger partial charge in [-0.1, -0.05) is 6.07 Å². The van der Waals surface area contributed by atoms with Crippen LogP contribution in [0.2, 0.25) is 0 Å². The number of nitrogens with zero attached hydrogens (tertiary/aromatic N) is 2. The van der Waals surface area contributed by atoms with Crippen molar-refractivity contribution in [2.75, 3.05) is 19.8 Å². The van der Waals surface area contributed by atoms with Gasteiger partial charge < -0.3 is 18.9 Å². The molecule has 3 heterocycles. The number of alkyl halides is 3. The number of carbonyl (C=O) groups is 1. The van der Waals surface area contributed by atoms with E-state index in [1.807, 2.05) is 18.2 Å². The van der Waals surface area contributed by atoms with Crippen LogP contribution in [0.25, 0.3) is 0 Å². The predicted octanol–water partition coefficient (Wildman–Crippen LogP) is 4.81. The maximum absolute atomic E-state index is 13.3. The first-order valence-electron chi connectivity index (χ1n) is 10.2. The van der Waals surface area contributed by atoms with Crippen LogP contribution in [0.4, 0.5) is 13.2 Å². The van der Waals surface area contributed by atoms with Crippen LogP contribution >= 0.6 is 0 Å². The molecule has 1 atom stereocenters. The Balaban J connectivity index is 1.61. The Morgan fingerprint density at radius 3 is 2.57 bits per heavy atom. The van der Waals surface area contributed by atoms with Gasteiger partial charge in [0.2, 0.25) is 0 Å². The number of hydrogen-bond donors (Lipinski definition) is 0. The molecule has 1 aromatic heterocycles. The average Bonchev–Trinajstić information content (AvgIpc) is 3.19. The lowest BCUT2D eigenvalue weighted by Crippen LogP contribution is -2.31. The Morgan fingerprint density at radius 1 is 1.10 bits per heavy atom. The van der Waals surface area contributed by atoms with Crippen molar-refractivity contribution < 1.29 is 27.4 Å². The lowest BCUT2D eigenvalue weighted by Gasteiger charge is -2.26. The first-order valence-corrected chi connectivity index (χ1v) is 10.2. The summed E-state index contributed by atoms with van der Waals surface area (Å²) in [6, 6.07) is 7.15. The van der Waals surface area contributed by atoms with Crippen molar-refractivity contribution >= 4 is 5.91 Å². The standard InChI is InChI=1S/C22H25F3N2O3/c1-14-11-17(15(2)27(14)13-22(23,24)25)21(28)26-8-3-5-18(26)16-6-7-19-20(12-16)30-10-4-9-29-19/h6-7,11-12,18H,3-5,8-10,13H2,1-2H3. The van der Waals surface area contributed by atoms with Crippen molar-refractivity contribution in [2.24, 2.45) is 0 Å². The molecule has 8 heteroatoms. The summed E-state index contributed by atoms with van der Waals surface area (Å²) in [5.74, 6) is 1.14. The molecular weight excluding hydrogens is 397 g/mol. The topological polar surface area (TPSA) is 43.7 Å². The van der Waals surface area contributed by atoms with E-state index in [0.29, 0.717) is 48.2 Å². The normalized spacial score (nSPS) is 19.1. The monoisotopic (exact) mass is 422 g/mol. The van der Waals surface area contributed by atoms with Crippen LogP contribution < -0.4 is 9.47 Å². The van der Waals surface area contributed by atoms with Gasteiger partial charge in [-0.2, -0.15) is 13.2 Å². The van der Waals surface area contributed by atoms with Crippen LogP contribution in [0.1, 0.15) is 52.6 Å². The van der Waals surface area contributed by atoms with Gasteiger partial charge >= 0.3 is 6.18 Å². The van der Waals surface area contributed by atoms with Crippen LogP contribution in [-0.2, 0) is 6.54 Å². The van der Waals surface area contributed by atoms with Crippen LogP contribution in [0, 0.1) is 13.8 Å². The summed E-state index contributed by atoms with van der Waals surface area (Å²) in [4.78, 5) is 15.1. The second-order valence-electron chi connectivity index (χ2n) is 7.90. The minimum atomic E-state index is -4.34. The van der Waals surface area contributed by atoms with Crippen LogP contribution in [0.5, 0.6) is 11.5 Å². The number of halogens is 3. The molecular formula is C22H25F3N2O3. The number of hydrogen-bond acceptors (Lipinski definition) is 3. The van der Waals surface area contributed by atoms with Crippen molar-refractivity contribution in [2.45, 2.75) is 51.9 Å². The number of ether oxygens (including phenoxy) is 2. The molecule has 1 saturated heterocycles. The van der Waals surface area contributed by atoms with E-state index in [4.69, 9.17) is 9.47 Å². The Hall–Kier alpha value is -2.64. The van der Waals surface area contributed by atoms with Crippen LogP contribution in [0.3, 0.4) is 0 Å². The van der Waals surface area contributed by atoms with Gasteiger partial charge in [0.1, 0.15) is 6.54 Å². The lowest BCUT2D eigenvalue weighted by molar-refractivity contribution is -0.141. The lowest BCUT2D eigenvalue weighted by atomic mass is 10.0. The highest BCUT2D eigenvalue weighted by Crippen LogP contribution is 2.39. The van der Waals surface area contributed by atoms with E-state index in [1.165, 1.54) is 0 Å². The van der Waals surface area contributed by atoms with Crippen LogP contribution in [0.15, 0.2) is 24.3 Å². The summed E-state index contributed by atoms with van der Waals surface area (Å²) in [5, 5.41) is 0. The van der Waals surface area contributed by atoms with Crippen molar-refractivity contribution in [1.82, 2.24) is 9.47 Å². The highest BCUT2D eigenvalue weighted by Gasteiger charge is 2.35. The molecule has 0 bridgehead atoms. The zero-order valence-corrected chi connectivity index (χ0v) is 17.1. The van der Waals surface area contributed by atoms with E-state index in [1.54, 1.807) is 24.8 Å². The molecule has 2 aliphatic heterocycles. The second kappa shape index (κ2) is 7.89. The predicted molar refractivity (Wildman–Crippen MR) is 105 cm³/mol. The molecule has 0 radical (unpaired) electrons. The van der Waals surface area contributed by atoms with Crippen molar-refractivity contribution in [3.8, 4) is 11.5 Å². The summed E-state index contributed by atoms with van der Waals surface area (Å²) in [5.41, 5.74) is 2.06. The molecule has 0 aliphatic carbocycles. The quantitative estimate of drug-likeness (QED) is 0.713. The smallest absolute Gasteiger partial charge is 0.406 e. The number of aryl methyl sites for hydroxylation is 1. The van der Waals surface area contributed by atoms with Crippen molar-refractivity contribution in [3.05, 3.63) is 46.8 Å². The Kier molecular flexibility index (Phi) is 5.42. The number of rotatable bonds is 3. The molecule has 1 amide bonds. The number of aromatic nitrogens is 1. The van der Waals surface area contributed by atoms with E-state index in [0.717, 1.165) is 29.4 Å². The van der Waals surface area contributed by atoms with Gasteiger partial charge in [-0.05, 0) is 50.5 Å². The van der Waals surface area contributed by atoms with Gasteiger partial charge in [0.15, 0.2) is 11.5 Å². The molecule has 30 heavy (non-hydrogen) atoms. The highest BCUT2D eigenvalue weighted by molar-refractivity contribution is 5.96. The molecule has 4 rings (SSSR count). The molecule has 5 nitrogen and oxygen atoms in total. The van der Waals surface area contributed by atoms with Crippen molar-refractivity contribution in [3.63, 3.8) is 0 Å². The third-order valence-electron chi connectivity index (χ3n) is 5.81. The Morgan fingerprint density at radius 2 is 1.83 bits per heavy atom. The largest absolute Gasteiger partial charge is 0.490 e. The van der Waals surface area contributed by atoms with E-state index < -0.39 is 12.7 Å². The van der Waals surface area contributed by atoms with Gasteiger partial charge in [0.25, 0.3) is 5.91 Å². The molecule has 1 unspecified atom stereocenters. The molecule has 0 N–H and O–H groups in total. The first-order chi connectivity index (χ1) is 14.2. The SMILES string of the molecule is Cc1cc(C(=O)N2CCCC2c2ccc3c(c2)OCCCO3)c(C)n1CC(F)(F)F. The van der Waals surface area contributed by atoms with E-state index >= 15 is 0 Å². The second-order valence-corrected chi connectivity index (χ2v) is 7.90.